The molecule has 2 atom stereocenters. The number of imidazole rings is 1. The highest BCUT2D eigenvalue weighted by Crippen LogP contribution is 2.48. The Labute approximate surface area is 831 Å². The van der Waals surface area contributed by atoms with Gasteiger partial charge >= 0.3 is 0 Å². The third kappa shape index (κ3) is 26.8. The third-order valence-corrected chi connectivity index (χ3v) is 26.9. The lowest BCUT2D eigenvalue weighted by atomic mass is 9.79. The number of aryl methyl sites for hydroxylation is 4. The number of aromatic hydroxyl groups is 5. The topological polar surface area (TPSA) is 172 Å². The molecule has 714 valence electrons. The van der Waals surface area contributed by atoms with Gasteiger partial charge in [-0.25, -0.2) is 31.9 Å². The number of hydrogen-bond acceptors (Lipinski definition) is 12. The predicted octanol–water partition coefficient (Wildman–Crippen LogP) is 33.6. The van der Waals surface area contributed by atoms with Crippen LogP contribution < -0.4 is 4.74 Å². The fraction of sp³-hybridized carbons (Fsp3) is 0.220. The quantitative estimate of drug-likeness (QED) is 0.0144. The number of aromatic nitrogens is 2. The molecule has 0 spiro atoms. The van der Waals surface area contributed by atoms with Gasteiger partial charge in [-0.2, -0.15) is 11.8 Å². The highest BCUT2D eigenvalue weighted by molar-refractivity contribution is 7.99. The number of benzene rings is 14. The van der Waals surface area contributed by atoms with E-state index in [1.807, 2.05) is 235 Å². The highest BCUT2D eigenvalue weighted by Gasteiger charge is 2.31. The van der Waals surface area contributed by atoms with Gasteiger partial charge in [0.1, 0.15) is 46.0 Å². The molecule has 0 saturated heterocycles. The van der Waals surface area contributed by atoms with Crippen LogP contribution in [0, 0.1) is 56.8 Å². The van der Waals surface area contributed by atoms with Gasteiger partial charge in [-0.3, -0.25) is 0 Å². The number of nitrogens with zero attached hydrogens (tertiary/aromatic N) is 2. The van der Waals surface area contributed by atoms with Gasteiger partial charge in [0.15, 0.2) is 23.3 Å². The van der Waals surface area contributed by atoms with E-state index >= 15 is 0 Å². The number of methoxy groups -OCH3 is 1. The first-order valence-corrected chi connectivity index (χ1v) is 49.0. The summed E-state index contributed by atoms with van der Waals surface area (Å²) >= 11 is 17.2. The minimum absolute atomic E-state index is 0.0692. The number of thioether (sulfide) groups is 2. The van der Waals surface area contributed by atoms with Gasteiger partial charge in [-0.05, 0) is 177 Å². The third-order valence-electron chi connectivity index (χ3n) is 23.2. The van der Waals surface area contributed by atoms with Crippen LogP contribution in [0.3, 0.4) is 0 Å². The van der Waals surface area contributed by atoms with Crippen LogP contribution in [0.4, 0.5) is 27.6 Å². The molecule has 7 N–H and O–H groups in total. The van der Waals surface area contributed by atoms with E-state index < -0.39 is 46.3 Å². The van der Waals surface area contributed by atoms with Crippen LogP contribution in [0.15, 0.2) is 313 Å². The van der Waals surface area contributed by atoms with Crippen molar-refractivity contribution >= 4 is 70.0 Å². The van der Waals surface area contributed by atoms with E-state index in [1.165, 1.54) is 27.1 Å². The number of aliphatic hydroxyl groups excluding tert-OH is 1. The minimum atomic E-state index is -2.25. The number of halogens is 7. The van der Waals surface area contributed by atoms with Crippen molar-refractivity contribution in [2.45, 2.75) is 161 Å². The molecule has 10 nitrogen and oxygen atoms in total. The number of phenolic OH excluding ortho intramolecular Hbond substituents is 5. The van der Waals surface area contributed by atoms with Crippen LogP contribution in [0.25, 0.3) is 66.6 Å². The van der Waals surface area contributed by atoms with Gasteiger partial charge in [0.25, 0.3) is 0 Å². The number of thiophene rings is 1. The minimum Gasteiger partial charge on any atom is -0.507 e. The number of phenols is 5. The number of aliphatic imine (C=N–C) groups is 1. The molecular weight excluding hydrogens is 1830 g/mol. The van der Waals surface area contributed by atoms with E-state index in [4.69, 9.17) is 32.9 Å². The molecule has 0 radical (unpaired) electrons. The fourth-order valence-corrected chi connectivity index (χ4v) is 18.8. The van der Waals surface area contributed by atoms with Crippen LogP contribution in [-0.2, 0) is 33.8 Å². The van der Waals surface area contributed by atoms with Gasteiger partial charge in [0.2, 0.25) is 5.82 Å². The summed E-state index contributed by atoms with van der Waals surface area (Å²) in [5.41, 5.74) is 20.3. The smallest absolute Gasteiger partial charge is 0.200 e. The molecule has 0 aliphatic carbocycles. The Morgan fingerprint density at radius 2 is 0.877 bits per heavy atom. The lowest BCUT2D eigenvalue weighted by Crippen LogP contribution is -2.17. The summed E-state index contributed by atoms with van der Waals surface area (Å²) in [6.07, 6.45) is 2.84. The Kier molecular flexibility index (Phi) is 36.1. The Morgan fingerprint density at radius 3 is 1.38 bits per heavy atom. The molecule has 16 aromatic rings. The van der Waals surface area contributed by atoms with Crippen molar-refractivity contribution in [3.05, 3.63) is 420 Å². The lowest BCUT2D eigenvalue weighted by Gasteiger charge is -2.27. The zero-order valence-electron chi connectivity index (χ0n) is 80.9. The first-order valence-electron chi connectivity index (χ1n) is 45.1. The Hall–Kier alpha value is -12.7. The van der Waals surface area contributed by atoms with Crippen molar-refractivity contribution < 1.29 is 57.3 Å². The second-order valence-corrected chi connectivity index (χ2v) is 41.4. The fourth-order valence-electron chi connectivity index (χ4n) is 15.5. The molecule has 0 fully saturated rings. The average Bonchev–Trinajstić information content (AvgIpc) is 1.70. The number of aromatic amines is 1. The Morgan fingerprint density at radius 1 is 0.428 bits per heavy atom. The summed E-state index contributed by atoms with van der Waals surface area (Å²) in [5, 5.41) is 66.1. The standard InChI is InChI=1S/C27H24OS.C22H18N2O.C21H22F5NO.C18H24OS.C15H14Cl2O2.C15H16OS/c1-19-10-8-11-20(2)27(19)29-18-22-14-6-7-15-23(22)25-17-9-16-24(26(25)28)21-12-4-3-5-13-21;1-25-19-15-9-8-14-18(19)22-23-20(16-10-4-2-5-11-16)21(24-22)17-12-6-3-7-13-17;1-20(2,3)11-7-10(19(28)12(8-11)21(4,5)6)9-27-18-16(25)14(23)13(22)15(24)17(18)26;1-17(2,3)12-10-13(15-8-7-9-20-15)16(19)14(11-12)18(4,5)6;1-8-3-12(16)6-10(14(8)18)5-11-7-13(17)4-9(2)15(11)19;1-17-15(13-10-6-3-7-11-13)14(16)12-8-4-2-5-9-12/h3-17,28H,18H2,1-2H3;2-15H,1H3,(H,23,24);7-9,28H,1-6H3;7-11,19H,1-6H3;3-4,6-7,18-19H,5H2,1-2H3;2-11,14-16H,1H3. The Balaban J connectivity index is 0.000000160. The average molecular weight is 1950 g/mol. The number of H-pyrrole nitrogens is 1. The van der Waals surface area contributed by atoms with E-state index in [9.17, 15) is 52.6 Å². The summed E-state index contributed by atoms with van der Waals surface area (Å²) in [6, 6.07) is 97.8. The summed E-state index contributed by atoms with van der Waals surface area (Å²) in [6.45, 7) is 32.4. The van der Waals surface area contributed by atoms with Crippen LogP contribution in [0.2, 0.25) is 10.0 Å². The number of nitrogens with one attached hydrogen (secondary N) is 1. The van der Waals surface area contributed by atoms with Crippen LogP contribution in [-0.4, -0.2) is 60.2 Å². The van der Waals surface area contributed by atoms with E-state index in [0.717, 1.165) is 107 Å². The first-order chi connectivity index (χ1) is 65.5. The normalized spacial score (nSPS) is 11.9. The van der Waals surface area contributed by atoms with Gasteiger partial charge in [0, 0.05) is 93.8 Å². The first kappa shape index (κ1) is 106. The van der Waals surface area contributed by atoms with E-state index in [2.05, 4.69) is 162 Å². The molecule has 2 unspecified atom stereocenters. The van der Waals surface area contributed by atoms with Crippen molar-refractivity contribution in [1.82, 2.24) is 9.97 Å². The zero-order valence-corrected chi connectivity index (χ0v) is 84.8. The second-order valence-electron chi connectivity index (χ2n) is 37.6. The highest BCUT2D eigenvalue weighted by atomic mass is 35.5. The largest absolute Gasteiger partial charge is 0.507 e. The number of ether oxygens (including phenoxy) is 1. The number of aliphatic hydroxyl groups is 1. The molecule has 0 amide bonds. The van der Waals surface area contributed by atoms with Gasteiger partial charge in [0.05, 0.1) is 35.4 Å². The molecule has 0 saturated carbocycles. The molecule has 0 aliphatic heterocycles. The maximum atomic E-state index is 13.8. The summed E-state index contributed by atoms with van der Waals surface area (Å²) in [4.78, 5) is 14.3. The maximum Gasteiger partial charge on any atom is 0.200 e. The maximum absolute atomic E-state index is 13.8. The van der Waals surface area contributed by atoms with Gasteiger partial charge in [-0.1, -0.05) is 349 Å². The molecule has 0 bridgehead atoms. The zero-order chi connectivity index (χ0) is 100. The van der Waals surface area contributed by atoms with E-state index in [0.29, 0.717) is 55.8 Å². The molecule has 16 rings (SSSR count). The van der Waals surface area contributed by atoms with Crippen molar-refractivity contribution in [1.29, 1.82) is 0 Å². The van der Waals surface area contributed by atoms with Crippen molar-refractivity contribution in [3.63, 3.8) is 0 Å². The molecule has 138 heavy (non-hydrogen) atoms. The van der Waals surface area contributed by atoms with E-state index in [-0.39, 0.29) is 44.3 Å². The van der Waals surface area contributed by atoms with Crippen molar-refractivity contribution in [3.8, 4) is 101 Å². The second kappa shape index (κ2) is 47.1. The molecule has 2 heterocycles. The Bertz CT molecular complexity index is 6680. The summed E-state index contributed by atoms with van der Waals surface area (Å²) in [7, 11) is 1.68. The van der Waals surface area contributed by atoms with Crippen molar-refractivity contribution in [2.24, 2.45) is 4.99 Å². The van der Waals surface area contributed by atoms with E-state index in [1.54, 1.807) is 74.4 Å². The van der Waals surface area contributed by atoms with Crippen LogP contribution in [0.5, 0.6) is 34.5 Å². The number of hydrogen-bond donors (Lipinski definition) is 7. The molecular formula is C118H118Cl2F5N3O7S3. The van der Waals surface area contributed by atoms with Gasteiger partial charge < -0.3 is 40.4 Å². The van der Waals surface area contributed by atoms with Crippen LogP contribution in [0.1, 0.15) is 172 Å². The molecule has 14 aromatic carbocycles. The summed E-state index contributed by atoms with van der Waals surface area (Å²) < 4.78 is 73.1. The predicted molar refractivity (Wildman–Crippen MR) is 566 cm³/mol. The summed E-state index contributed by atoms with van der Waals surface area (Å²) in [5.74, 6) is -7.02. The van der Waals surface area contributed by atoms with Crippen molar-refractivity contribution in [2.75, 3.05) is 13.4 Å². The SMILES string of the molecule is CC(C)(C)c1cc(-c2cccs2)c(O)c(C(C)(C)C)c1.CC(C)(C)c1cc(C=Nc2c(F)c(F)c(F)c(F)c2F)c(O)c(C(C)(C)C)c1.COc1ccccc1-c1nc(-c2ccccc2)c(-c2ccccc2)[nH]1.CSC(c1ccccc1)C(O)c1ccccc1.Cc1cc(Cl)cc(Cc2cc(Cl)cc(C)c2O)c1O.Cc1cccc(C)c1SCc1ccccc1-c1cccc(-c2ccccc2)c1O. The molecule has 20 heteroatoms. The number of para-hydroxylation sites is 2. The molecule has 2 aromatic heterocycles. The lowest BCUT2D eigenvalue weighted by molar-refractivity contribution is 0.175. The monoisotopic (exact) mass is 1950 g/mol. The van der Waals surface area contributed by atoms with Gasteiger partial charge in [-0.15, -0.1) is 23.1 Å². The van der Waals surface area contributed by atoms with Crippen LogP contribution >= 0.6 is 58.1 Å². The number of rotatable bonds is 18. The molecule has 0 aliphatic rings.